The van der Waals surface area contributed by atoms with E-state index in [2.05, 4.69) is 223 Å². The molecular weight excluding hydrogens is 769 g/mol. The van der Waals surface area contributed by atoms with Crippen LogP contribution in [0.25, 0.3) is 125 Å². The number of nitrogens with zero attached hydrogens (tertiary/aromatic N) is 2. The van der Waals surface area contributed by atoms with E-state index in [0.29, 0.717) is 0 Å². The quantitative estimate of drug-likeness (QED) is 0.158. The molecule has 288 valence electrons. The van der Waals surface area contributed by atoms with Crippen molar-refractivity contribution in [1.82, 2.24) is 9.55 Å². The highest BCUT2D eigenvalue weighted by Crippen LogP contribution is 2.46. The van der Waals surface area contributed by atoms with Crippen molar-refractivity contribution in [1.29, 1.82) is 0 Å². The van der Waals surface area contributed by atoms with Gasteiger partial charge < -0.3 is 0 Å². The van der Waals surface area contributed by atoms with Gasteiger partial charge in [0.1, 0.15) is 5.82 Å². The normalized spacial score (nSPS) is 11.9. The monoisotopic (exact) mass is 804 g/mol. The number of fused-ring (bicyclic) bond motifs is 9. The molecule has 0 saturated carbocycles. The molecule has 0 aliphatic carbocycles. The Morgan fingerprint density at radius 2 is 0.952 bits per heavy atom. The van der Waals surface area contributed by atoms with Crippen molar-refractivity contribution in [2.45, 2.75) is 0 Å². The molecule has 0 saturated heterocycles. The van der Waals surface area contributed by atoms with Gasteiger partial charge in [-0.25, -0.2) is 4.98 Å². The molecule has 13 aromatic rings. The molecule has 0 N–H and O–H groups in total. The summed E-state index contributed by atoms with van der Waals surface area (Å²) in [7, 11) is 0. The Morgan fingerprint density at radius 3 is 1.74 bits per heavy atom. The topological polar surface area (TPSA) is 17.8 Å². The Hall–Kier alpha value is -7.85. The van der Waals surface area contributed by atoms with E-state index in [0.717, 1.165) is 28.1 Å². The van der Waals surface area contributed by atoms with E-state index in [1.807, 2.05) is 11.3 Å². The van der Waals surface area contributed by atoms with Gasteiger partial charge in [0, 0.05) is 31.4 Å². The number of benzene rings is 11. The van der Waals surface area contributed by atoms with Crippen LogP contribution in [-0.2, 0) is 0 Å². The van der Waals surface area contributed by atoms with Gasteiger partial charge in [-0.05, 0) is 113 Å². The van der Waals surface area contributed by atoms with Crippen LogP contribution < -0.4 is 0 Å². The van der Waals surface area contributed by atoms with Crippen molar-refractivity contribution in [2.24, 2.45) is 0 Å². The fraction of sp³-hybridized carbons (Fsp3) is 0. The standard InChI is InChI=1S/C59H36N2S/c1-2-15-38(16-3-1)59-60-53-26-10-11-27-54(53)61(59)43-19-12-18-41(35-43)56-48-21-6-8-23-50(48)57(51-24-9-7-22-49(51)56)42-30-31-45-39(34-42)17-13-25-44(45)40-29-32-47-52-33-28-37-14-4-5-20-46(37)58(52)62-55(47)36-40/h1-36H. The molecule has 3 heteroatoms. The first-order valence-corrected chi connectivity index (χ1v) is 22.0. The van der Waals surface area contributed by atoms with Crippen LogP contribution in [0.2, 0.25) is 0 Å². The summed E-state index contributed by atoms with van der Waals surface area (Å²) in [6.07, 6.45) is 0. The Morgan fingerprint density at radius 1 is 0.355 bits per heavy atom. The Labute approximate surface area is 362 Å². The van der Waals surface area contributed by atoms with Gasteiger partial charge in [0.25, 0.3) is 0 Å². The maximum atomic E-state index is 5.14. The summed E-state index contributed by atoms with van der Waals surface area (Å²) in [5, 5.41) is 12.7. The van der Waals surface area contributed by atoms with E-state index in [-0.39, 0.29) is 0 Å². The molecule has 13 rings (SSSR count). The van der Waals surface area contributed by atoms with Crippen LogP contribution in [0.3, 0.4) is 0 Å². The number of thiophene rings is 1. The molecule has 2 heterocycles. The molecule has 0 aliphatic rings. The third kappa shape index (κ3) is 5.39. The molecular formula is C59H36N2S. The number of aromatic nitrogens is 2. The van der Waals surface area contributed by atoms with Crippen LogP contribution in [0.5, 0.6) is 0 Å². The van der Waals surface area contributed by atoms with Gasteiger partial charge in [-0.1, -0.05) is 182 Å². The van der Waals surface area contributed by atoms with Gasteiger partial charge in [-0.3, -0.25) is 4.57 Å². The lowest BCUT2D eigenvalue weighted by molar-refractivity contribution is 1.10. The molecule has 0 bridgehead atoms. The Balaban J connectivity index is 0.962. The molecule has 0 radical (unpaired) electrons. The molecule has 2 aromatic heterocycles. The fourth-order valence-electron chi connectivity index (χ4n) is 9.98. The zero-order chi connectivity index (χ0) is 40.7. The lowest BCUT2D eigenvalue weighted by Gasteiger charge is -2.19. The molecule has 2 nitrogen and oxygen atoms in total. The molecule has 0 unspecified atom stereocenters. The number of hydrogen-bond acceptors (Lipinski definition) is 2. The molecule has 11 aromatic carbocycles. The second-order valence-electron chi connectivity index (χ2n) is 16.2. The maximum absolute atomic E-state index is 5.14. The summed E-state index contributed by atoms with van der Waals surface area (Å²) in [5.41, 5.74) is 11.6. The fourth-order valence-corrected chi connectivity index (χ4v) is 11.3. The smallest absolute Gasteiger partial charge is 0.145 e. The van der Waals surface area contributed by atoms with Crippen molar-refractivity contribution >= 4 is 85.6 Å². The summed E-state index contributed by atoms with van der Waals surface area (Å²) in [6, 6.07) is 79.9. The van der Waals surface area contributed by atoms with E-state index in [1.165, 1.54) is 96.6 Å². The van der Waals surface area contributed by atoms with Crippen molar-refractivity contribution in [3.63, 3.8) is 0 Å². The van der Waals surface area contributed by atoms with Crippen LogP contribution in [0.15, 0.2) is 218 Å². The molecule has 0 atom stereocenters. The first-order valence-electron chi connectivity index (χ1n) is 21.2. The largest absolute Gasteiger partial charge is 0.292 e. The van der Waals surface area contributed by atoms with Crippen molar-refractivity contribution in [3.8, 4) is 50.5 Å². The van der Waals surface area contributed by atoms with E-state index >= 15 is 0 Å². The van der Waals surface area contributed by atoms with Crippen molar-refractivity contribution in [2.75, 3.05) is 0 Å². The highest BCUT2D eigenvalue weighted by Gasteiger charge is 2.20. The lowest BCUT2D eigenvalue weighted by Crippen LogP contribution is -1.98. The second-order valence-corrected chi connectivity index (χ2v) is 17.3. The van der Waals surface area contributed by atoms with E-state index in [4.69, 9.17) is 4.98 Å². The zero-order valence-corrected chi connectivity index (χ0v) is 34.4. The van der Waals surface area contributed by atoms with E-state index < -0.39 is 0 Å². The molecule has 0 amide bonds. The van der Waals surface area contributed by atoms with Crippen LogP contribution in [-0.4, -0.2) is 9.55 Å². The SMILES string of the molecule is c1ccc(-c2nc3ccccc3n2-c2cccc(-c3c4ccccc4c(-c4ccc5c(-c6ccc7c(c6)sc6c8ccccc8ccc76)cccc5c4)c4ccccc34)c2)cc1. The van der Waals surface area contributed by atoms with Gasteiger partial charge >= 0.3 is 0 Å². The Kier molecular flexibility index (Phi) is 7.81. The summed E-state index contributed by atoms with van der Waals surface area (Å²) in [5.74, 6) is 0.933. The highest BCUT2D eigenvalue weighted by molar-refractivity contribution is 7.26. The zero-order valence-electron chi connectivity index (χ0n) is 33.6. The van der Waals surface area contributed by atoms with Crippen molar-refractivity contribution < 1.29 is 0 Å². The highest BCUT2D eigenvalue weighted by atomic mass is 32.1. The number of imidazole rings is 1. The predicted molar refractivity (Wildman–Crippen MR) is 266 cm³/mol. The second kappa shape index (κ2) is 13.9. The number of para-hydroxylation sites is 2. The van der Waals surface area contributed by atoms with Gasteiger partial charge in [0.05, 0.1) is 11.0 Å². The Bertz CT molecular complexity index is 3870. The van der Waals surface area contributed by atoms with Crippen LogP contribution in [0.4, 0.5) is 0 Å². The first-order chi connectivity index (χ1) is 30.7. The average Bonchev–Trinajstić information content (AvgIpc) is 3.92. The summed E-state index contributed by atoms with van der Waals surface area (Å²) >= 11 is 1.90. The maximum Gasteiger partial charge on any atom is 0.145 e. The third-order valence-electron chi connectivity index (χ3n) is 12.8. The van der Waals surface area contributed by atoms with E-state index in [9.17, 15) is 0 Å². The molecule has 0 fully saturated rings. The number of hydrogen-bond donors (Lipinski definition) is 0. The lowest BCUT2D eigenvalue weighted by atomic mass is 9.85. The van der Waals surface area contributed by atoms with E-state index in [1.54, 1.807) is 0 Å². The van der Waals surface area contributed by atoms with Gasteiger partial charge in [-0.2, -0.15) is 0 Å². The minimum Gasteiger partial charge on any atom is -0.292 e. The van der Waals surface area contributed by atoms with Crippen LogP contribution in [0.1, 0.15) is 0 Å². The molecule has 0 spiro atoms. The summed E-state index contributed by atoms with van der Waals surface area (Å²) < 4.78 is 4.99. The number of rotatable bonds is 5. The van der Waals surface area contributed by atoms with Gasteiger partial charge in [-0.15, -0.1) is 11.3 Å². The average molecular weight is 805 g/mol. The van der Waals surface area contributed by atoms with Gasteiger partial charge in [0.2, 0.25) is 0 Å². The molecule has 62 heavy (non-hydrogen) atoms. The van der Waals surface area contributed by atoms with Crippen LogP contribution >= 0.6 is 11.3 Å². The van der Waals surface area contributed by atoms with Gasteiger partial charge in [0.15, 0.2) is 0 Å². The van der Waals surface area contributed by atoms with Crippen molar-refractivity contribution in [3.05, 3.63) is 218 Å². The summed E-state index contributed by atoms with van der Waals surface area (Å²) in [6.45, 7) is 0. The predicted octanol–water partition coefficient (Wildman–Crippen LogP) is 16.7. The minimum atomic E-state index is 0.933. The summed E-state index contributed by atoms with van der Waals surface area (Å²) in [4.78, 5) is 5.14. The first kappa shape index (κ1) is 35.0. The van der Waals surface area contributed by atoms with Crippen LogP contribution in [0, 0.1) is 0 Å². The molecule has 0 aliphatic heterocycles. The minimum absolute atomic E-state index is 0.933. The third-order valence-corrected chi connectivity index (χ3v) is 14.0.